The van der Waals surface area contributed by atoms with Crippen LogP contribution in [-0.4, -0.2) is 367 Å². The molecular weight excluding hydrogens is 1100 g/mol. The zero-order valence-electron chi connectivity index (χ0n) is 45.7. The summed E-state index contributed by atoms with van der Waals surface area (Å²) in [6.07, 6.45) is -32.3. The van der Waals surface area contributed by atoms with Crippen LogP contribution in [0.4, 0.5) is 0 Å². The molecule has 81 heavy (non-hydrogen) atoms. The van der Waals surface area contributed by atoms with Gasteiger partial charge in [-0.2, -0.15) is 0 Å². The van der Waals surface area contributed by atoms with E-state index in [0.29, 0.717) is 0 Å². The van der Waals surface area contributed by atoms with E-state index in [0.717, 1.165) is 0 Å². The van der Waals surface area contributed by atoms with Crippen LogP contribution in [0.3, 0.4) is 0 Å². The van der Waals surface area contributed by atoms with E-state index in [-0.39, 0.29) is 52.9 Å². The molecule has 6 rings (SSSR count). The van der Waals surface area contributed by atoms with E-state index in [9.17, 15) is 86.8 Å². The molecule has 0 amide bonds. The highest BCUT2D eigenvalue weighted by Gasteiger charge is 2.52. The van der Waals surface area contributed by atoms with Gasteiger partial charge in [0.25, 0.3) is 0 Å². The van der Waals surface area contributed by atoms with Crippen LogP contribution in [0, 0.1) is 35.5 Å². The van der Waals surface area contributed by atoms with Gasteiger partial charge in [0.2, 0.25) is 0 Å². The van der Waals surface area contributed by atoms with Gasteiger partial charge in [-0.25, -0.2) is 0 Å². The molecule has 0 radical (unpaired) electrons. The number of rotatable bonds is 30. The maximum atomic E-state index is 11.7. The molecule has 6 aliphatic heterocycles. The van der Waals surface area contributed by atoms with Crippen molar-refractivity contribution in [3.05, 3.63) is 0 Å². The molecule has 6 aliphatic rings. The summed E-state index contributed by atoms with van der Waals surface area (Å²) in [6.45, 7) is -6.62. The Morgan fingerprint density at radius 3 is 0.753 bits per heavy atom. The van der Waals surface area contributed by atoms with Crippen LogP contribution in [0.2, 0.25) is 0 Å². The second kappa shape index (κ2) is 33.2. The standard InChI is InChI=1S/C50H90O31/c1-68-9-21-27(4-51)77-34(45(63)38(21)56)16-71-12-24-30(7-54)79-36(47(65)41(24)59)18-74-14-26-32(80-37(48(66)42(26)60)19-72-11-23-29(6-53)76-33(15-70-3)44(62)40(23)58)20-75-50-49(67)43(61)25(31(8-55)81-50)13-73-17-35-46(64)39(57)22(10-69-2)28(5-52)78-35/h21-67H,4-20H2,1-3H3/t21-,22-,23-,24-,25-,26-,27-,28-,29-,30-,31-,32-,33-,34-,35-,36-,37-,38+,39+,40+,41+,42+,43+,44+,45+,46+,47+,48+,49-,50+/m1/s1. The van der Waals surface area contributed by atoms with Crippen LogP contribution >= 0.6 is 0 Å². The highest BCUT2D eigenvalue weighted by Crippen LogP contribution is 2.35. The molecule has 0 bridgehead atoms. The summed E-state index contributed by atoms with van der Waals surface area (Å²) in [5.74, 6) is -5.77. The number of hydrogen-bond donors (Lipinski definition) is 17. The summed E-state index contributed by atoms with van der Waals surface area (Å²) < 4.78 is 79.8. The lowest BCUT2D eigenvalue weighted by molar-refractivity contribution is -0.310. The Labute approximate surface area is 468 Å². The monoisotopic (exact) mass is 1190 g/mol. The molecule has 6 fully saturated rings. The Bertz CT molecular complexity index is 1740. The fourth-order valence-electron chi connectivity index (χ4n) is 11.6. The van der Waals surface area contributed by atoms with Gasteiger partial charge in [-0.3, -0.25) is 0 Å². The van der Waals surface area contributed by atoms with Crippen molar-refractivity contribution in [3.63, 3.8) is 0 Å². The number of aliphatic hydroxyl groups excluding tert-OH is 17. The molecule has 476 valence electrons. The minimum atomic E-state index is -1.80. The van der Waals surface area contributed by atoms with Crippen molar-refractivity contribution in [3.8, 4) is 0 Å². The number of hydrogen-bond acceptors (Lipinski definition) is 31. The molecule has 0 aromatic carbocycles. The van der Waals surface area contributed by atoms with E-state index < -0.39 is 242 Å². The van der Waals surface area contributed by atoms with Gasteiger partial charge in [-0.1, -0.05) is 0 Å². The van der Waals surface area contributed by atoms with Crippen LogP contribution in [0.1, 0.15) is 0 Å². The van der Waals surface area contributed by atoms with Gasteiger partial charge in [-0.05, 0) is 0 Å². The van der Waals surface area contributed by atoms with E-state index in [1.54, 1.807) is 0 Å². The van der Waals surface area contributed by atoms with Crippen LogP contribution < -0.4 is 0 Å². The van der Waals surface area contributed by atoms with Crippen molar-refractivity contribution in [2.24, 2.45) is 35.5 Å². The van der Waals surface area contributed by atoms with Crippen LogP contribution in [0.15, 0.2) is 0 Å². The molecule has 0 unspecified atom stereocenters. The Balaban J connectivity index is 1.08. The Morgan fingerprint density at radius 2 is 0.469 bits per heavy atom. The van der Waals surface area contributed by atoms with Crippen molar-refractivity contribution in [1.82, 2.24) is 0 Å². The first-order valence-corrected chi connectivity index (χ1v) is 27.4. The molecule has 31 nitrogen and oxygen atoms in total. The van der Waals surface area contributed by atoms with E-state index in [2.05, 4.69) is 0 Å². The van der Waals surface area contributed by atoms with Crippen molar-refractivity contribution >= 4 is 0 Å². The summed E-state index contributed by atoms with van der Waals surface area (Å²) in [5.41, 5.74) is 0. The third-order valence-electron chi connectivity index (χ3n) is 16.6. The SMILES string of the molecule is COC[C@H]1[C@H](O)[C@@H](O)[C@@H](COC[C@H]2[C@H](O)[C@@H](O)[C@@H](COC[C@H]3[C@H](O)[C@@H](O)[C@@H](COC[C@H]4[C@H](O)[C@@H](O)[C@@H](COC)O[C@@H]4CO)O[C@@H]3CO[C@H]3O[C@H](CO)[C@@H](COC[C@H]4O[C@H](CO)[C@@H](COC)[C@H](O)[C@H]4O)[C@H](O)[C@H]3O)O[C@@H]2CO)O[C@@H]1CO. The topological polar surface area (TPSA) is 473 Å². The lowest BCUT2D eigenvalue weighted by Crippen LogP contribution is -2.61. The molecule has 0 saturated carbocycles. The summed E-state index contributed by atoms with van der Waals surface area (Å²) in [7, 11) is 4.15. The average Bonchev–Trinajstić information content (AvgIpc) is 3.47. The quantitative estimate of drug-likeness (QED) is 0.0318. The molecule has 0 spiro atoms. The molecule has 0 aromatic rings. The first-order valence-electron chi connectivity index (χ1n) is 27.4. The van der Waals surface area contributed by atoms with Gasteiger partial charge in [0.05, 0.1) is 186 Å². The molecule has 0 aliphatic carbocycles. The van der Waals surface area contributed by atoms with Gasteiger partial charge in [0.15, 0.2) is 6.29 Å². The highest BCUT2D eigenvalue weighted by molar-refractivity contribution is 4.98. The first-order chi connectivity index (χ1) is 38.8. The lowest BCUT2D eigenvalue weighted by atomic mass is 9.86. The van der Waals surface area contributed by atoms with Gasteiger partial charge in [0, 0.05) is 56.8 Å². The Kier molecular flexibility index (Phi) is 28.2. The largest absolute Gasteiger partial charge is 0.394 e. The fraction of sp³-hybridized carbons (Fsp3) is 1.00. The van der Waals surface area contributed by atoms with Gasteiger partial charge >= 0.3 is 0 Å². The minimum absolute atomic E-state index is 0.00113. The number of aliphatic hydroxyl groups is 17. The predicted octanol–water partition coefficient (Wildman–Crippen LogP) is -10.4. The van der Waals surface area contributed by atoms with Crippen LogP contribution in [0.25, 0.3) is 0 Å². The number of ether oxygens (including phenoxy) is 14. The maximum absolute atomic E-state index is 11.7. The molecular formula is C50H90O31. The average molecular weight is 1190 g/mol. The Hall–Kier alpha value is -1.24. The molecule has 6 heterocycles. The van der Waals surface area contributed by atoms with Crippen molar-refractivity contribution < 1.29 is 153 Å². The summed E-state index contributed by atoms with van der Waals surface area (Å²) in [5, 5.41) is 183. The van der Waals surface area contributed by atoms with Crippen LogP contribution in [-0.2, 0) is 66.3 Å². The third kappa shape index (κ3) is 16.7. The van der Waals surface area contributed by atoms with Crippen LogP contribution in [0.5, 0.6) is 0 Å². The fourth-order valence-corrected chi connectivity index (χ4v) is 11.6. The molecule has 17 N–H and O–H groups in total. The van der Waals surface area contributed by atoms with E-state index in [4.69, 9.17) is 66.3 Å². The summed E-state index contributed by atoms with van der Waals surface area (Å²) >= 11 is 0. The van der Waals surface area contributed by atoms with E-state index in [1.807, 2.05) is 0 Å². The van der Waals surface area contributed by atoms with Gasteiger partial charge in [0.1, 0.15) is 67.1 Å². The maximum Gasteiger partial charge on any atom is 0.186 e. The zero-order chi connectivity index (χ0) is 59.2. The summed E-state index contributed by atoms with van der Waals surface area (Å²) in [4.78, 5) is 0. The molecule has 31 heteroatoms. The molecule has 6 saturated heterocycles. The van der Waals surface area contributed by atoms with Crippen molar-refractivity contribution in [2.45, 2.75) is 147 Å². The molecule has 30 atom stereocenters. The van der Waals surface area contributed by atoms with E-state index in [1.165, 1.54) is 21.3 Å². The highest BCUT2D eigenvalue weighted by atomic mass is 16.7. The van der Waals surface area contributed by atoms with Gasteiger partial charge < -0.3 is 153 Å². The second-order valence-electron chi connectivity index (χ2n) is 21.7. The van der Waals surface area contributed by atoms with Crippen molar-refractivity contribution in [2.75, 3.05) is 134 Å². The normalized spacial score (nSPS) is 46.2. The third-order valence-corrected chi connectivity index (χ3v) is 16.6. The number of methoxy groups -OCH3 is 3. The zero-order valence-corrected chi connectivity index (χ0v) is 45.7. The Morgan fingerprint density at radius 1 is 0.235 bits per heavy atom. The first kappa shape index (κ1) is 68.9. The molecule has 0 aromatic heterocycles. The smallest absolute Gasteiger partial charge is 0.186 e. The predicted molar refractivity (Wildman–Crippen MR) is 265 cm³/mol. The van der Waals surface area contributed by atoms with Gasteiger partial charge in [-0.15, -0.1) is 0 Å². The van der Waals surface area contributed by atoms with E-state index >= 15 is 0 Å². The van der Waals surface area contributed by atoms with Crippen molar-refractivity contribution in [1.29, 1.82) is 0 Å². The summed E-state index contributed by atoms with van der Waals surface area (Å²) in [6, 6.07) is 0. The lowest BCUT2D eigenvalue weighted by Gasteiger charge is -2.46. The minimum Gasteiger partial charge on any atom is -0.394 e. The second-order valence-corrected chi connectivity index (χ2v) is 21.7.